The van der Waals surface area contributed by atoms with Crippen LogP contribution in [0.3, 0.4) is 0 Å². The third-order valence-electron chi connectivity index (χ3n) is 2.86. The van der Waals surface area contributed by atoms with E-state index in [1.165, 1.54) is 4.88 Å². The van der Waals surface area contributed by atoms with Crippen LogP contribution in [0.5, 0.6) is 0 Å². The van der Waals surface area contributed by atoms with Crippen molar-refractivity contribution in [3.8, 4) is 0 Å². The second-order valence-corrected chi connectivity index (χ2v) is 7.91. The Morgan fingerprint density at radius 1 is 1.22 bits per heavy atom. The lowest BCUT2D eigenvalue weighted by Crippen LogP contribution is -2.32. The number of thiophene rings is 1. The van der Waals surface area contributed by atoms with Crippen LogP contribution < -0.4 is 10.6 Å². The Balaban J connectivity index is 1.85. The molecule has 0 aliphatic rings. The van der Waals surface area contributed by atoms with Gasteiger partial charge in [-0.25, -0.2) is 4.79 Å². The molecule has 6 heteroatoms. The minimum atomic E-state index is -0.491. The van der Waals surface area contributed by atoms with Gasteiger partial charge < -0.3 is 15.4 Å². The molecule has 0 atom stereocenters. The maximum atomic E-state index is 11.7. The van der Waals surface area contributed by atoms with Crippen molar-refractivity contribution >= 4 is 34.7 Å². The van der Waals surface area contributed by atoms with Gasteiger partial charge in [-0.15, -0.1) is 11.3 Å². The number of amides is 1. The molecular weight excluding hydrogens is 332 g/mol. The Labute approximate surface area is 145 Å². The Kier molecular flexibility index (Phi) is 5.91. The van der Waals surface area contributed by atoms with E-state index < -0.39 is 11.7 Å². The average Bonchev–Trinajstić information content (AvgIpc) is 2.87. The minimum Gasteiger partial charge on any atom is -0.444 e. The number of rotatable bonds is 5. The summed E-state index contributed by atoms with van der Waals surface area (Å²) in [6, 6.07) is 11.8. The molecule has 0 aliphatic carbocycles. The molecule has 0 saturated heterocycles. The van der Waals surface area contributed by atoms with Crippen molar-refractivity contribution < 1.29 is 9.53 Å². The van der Waals surface area contributed by atoms with E-state index in [2.05, 4.69) is 10.6 Å². The zero-order valence-electron chi connectivity index (χ0n) is 13.5. The number of carbonyl (C=O) groups is 1. The molecule has 0 fully saturated rings. The molecule has 1 heterocycles. The maximum Gasteiger partial charge on any atom is 0.407 e. The first-order chi connectivity index (χ1) is 10.8. The van der Waals surface area contributed by atoms with Crippen molar-refractivity contribution in [2.24, 2.45) is 0 Å². The number of hydrogen-bond donors (Lipinski definition) is 2. The Morgan fingerprint density at radius 3 is 2.65 bits per heavy atom. The van der Waals surface area contributed by atoms with Crippen molar-refractivity contribution in [1.82, 2.24) is 5.32 Å². The lowest BCUT2D eigenvalue weighted by molar-refractivity contribution is 0.0523. The summed E-state index contributed by atoms with van der Waals surface area (Å²) in [6.07, 6.45) is -0.413. The zero-order valence-corrected chi connectivity index (χ0v) is 15.1. The van der Waals surface area contributed by atoms with Gasteiger partial charge >= 0.3 is 6.09 Å². The molecule has 1 aromatic carbocycles. The number of nitrogens with one attached hydrogen (secondary N) is 2. The fourth-order valence-electron chi connectivity index (χ4n) is 1.92. The van der Waals surface area contributed by atoms with E-state index in [1.54, 1.807) is 11.3 Å². The third kappa shape index (κ3) is 6.50. The molecule has 4 nitrogen and oxygen atoms in total. The summed E-state index contributed by atoms with van der Waals surface area (Å²) < 4.78 is 6.01. The number of alkyl carbamates (subject to hydrolysis) is 1. The van der Waals surface area contributed by atoms with Gasteiger partial charge in [0.25, 0.3) is 0 Å². The molecular formula is C17H21ClN2O2S. The van der Waals surface area contributed by atoms with Gasteiger partial charge in [0.1, 0.15) is 5.60 Å². The number of anilines is 1. The highest BCUT2D eigenvalue weighted by Gasteiger charge is 2.15. The highest BCUT2D eigenvalue weighted by molar-refractivity contribution is 7.16. The van der Waals surface area contributed by atoms with Gasteiger partial charge in [0.15, 0.2) is 0 Å². The van der Waals surface area contributed by atoms with E-state index in [1.807, 2.05) is 57.2 Å². The molecule has 2 aromatic rings. The van der Waals surface area contributed by atoms with Gasteiger partial charge in [-0.1, -0.05) is 23.7 Å². The van der Waals surface area contributed by atoms with E-state index in [9.17, 15) is 4.79 Å². The molecule has 0 aliphatic heterocycles. The molecule has 2 rings (SSSR count). The Hall–Kier alpha value is -1.72. The summed E-state index contributed by atoms with van der Waals surface area (Å²) >= 11 is 7.48. The molecule has 23 heavy (non-hydrogen) atoms. The van der Waals surface area contributed by atoms with Crippen molar-refractivity contribution in [2.45, 2.75) is 39.5 Å². The van der Waals surface area contributed by atoms with Crippen LogP contribution >= 0.6 is 22.9 Å². The normalized spacial score (nSPS) is 11.1. The highest BCUT2D eigenvalue weighted by atomic mass is 35.5. The number of carbonyl (C=O) groups excluding carboxylic acids is 1. The first-order valence-corrected chi connectivity index (χ1v) is 8.55. The summed E-state index contributed by atoms with van der Waals surface area (Å²) in [5, 5.41) is 6.10. The SMILES string of the molecule is CC(C)(C)OC(=O)NCc1cccc(NCc2ccc(Cl)s2)c1. The molecule has 1 amide bonds. The Morgan fingerprint density at radius 2 is 2.00 bits per heavy atom. The first kappa shape index (κ1) is 17.6. The predicted molar refractivity (Wildman–Crippen MR) is 96.2 cm³/mol. The molecule has 0 spiro atoms. The van der Waals surface area contributed by atoms with E-state index in [-0.39, 0.29) is 0 Å². The van der Waals surface area contributed by atoms with Gasteiger partial charge in [0.2, 0.25) is 0 Å². The van der Waals surface area contributed by atoms with Crippen molar-refractivity contribution in [2.75, 3.05) is 5.32 Å². The van der Waals surface area contributed by atoms with E-state index in [4.69, 9.17) is 16.3 Å². The summed E-state index contributed by atoms with van der Waals surface area (Å²) in [5.41, 5.74) is 1.51. The van der Waals surface area contributed by atoms with Crippen LogP contribution in [0.15, 0.2) is 36.4 Å². The van der Waals surface area contributed by atoms with Crippen molar-refractivity contribution in [1.29, 1.82) is 0 Å². The van der Waals surface area contributed by atoms with Crippen LogP contribution in [-0.2, 0) is 17.8 Å². The van der Waals surface area contributed by atoms with Gasteiger partial charge in [0.05, 0.1) is 4.34 Å². The average molecular weight is 353 g/mol. The lowest BCUT2D eigenvalue weighted by atomic mass is 10.2. The molecule has 1 aromatic heterocycles. The molecule has 0 radical (unpaired) electrons. The van der Waals surface area contributed by atoms with Crippen molar-refractivity contribution in [3.05, 3.63) is 51.2 Å². The van der Waals surface area contributed by atoms with Crippen molar-refractivity contribution in [3.63, 3.8) is 0 Å². The second-order valence-electron chi connectivity index (χ2n) is 6.12. The summed E-state index contributed by atoms with van der Waals surface area (Å²) in [6.45, 7) is 6.67. The Bertz CT molecular complexity index is 665. The van der Waals surface area contributed by atoms with Crippen LogP contribution in [0.4, 0.5) is 10.5 Å². The second kappa shape index (κ2) is 7.70. The van der Waals surface area contributed by atoms with Gasteiger partial charge in [-0.2, -0.15) is 0 Å². The van der Waals surface area contributed by atoms with Crippen LogP contribution in [0.1, 0.15) is 31.2 Å². The van der Waals surface area contributed by atoms with Crippen LogP contribution in [0, 0.1) is 0 Å². The van der Waals surface area contributed by atoms with Crippen LogP contribution in [-0.4, -0.2) is 11.7 Å². The fraction of sp³-hybridized carbons (Fsp3) is 0.353. The summed E-state index contributed by atoms with van der Waals surface area (Å²) in [5.74, 6) is 0. The molecule has 0 bridgehead atoms. The van der Waals surface area contributed by atoms with Gasteiger partial charge in [-0.3, -0.25) is 0 Å². The molecule has 2 N–H and O–H groups in total. The number of hydrogen-bond acceptors (Lipinski definition) is 4. The lowest BCUT2D eigenvalue weighted by Gasteiger charge is -2.19. The van der Waals surface area contributed by atoms with E-state index in [0.717, 1.165) is 22.1 Å². The predicted octanol–water partition coefficient (Wildman–Crippen LogP) is 5.04. The third-order valence-corrected chi connectivity index (χ3v) is 4.09. The molecule has 0 saturated carbocycles. The first-order valence-electron chi connectivity index (χ1n) is 7.36. The van der Waals surface area contributed by atoms with E-state index >= 15 is 0 Å². The largest absolute Gasteiger partial charge is 0.444 e. The summed E-state index contributed by atoms with van der Waals surface area (Å²) in [4.78, 5) is 12.8. The number of halogens is 1. The topological polar surface area (TPSA) is 50.4 Å². The van der Waals surface area contributed by atoms with Gasteiger partial charge in [-0.05, 0) is 50.6 Å². The standard InChI is InChI=1S/C17H21ClN2O2S/c1-17(2,3)22-16(21)20-10-12-5-4-6-13(9-12)19-11-14-7-8-15(18)23-14/h4-9,19H,10-11H2,1-3H3,(H,20,21). The molecule has 0 unspecified atom stereocenters. The quantitative estimate of drug-likeness (QED) is 0.792. The zero-order chi connectivity index (χ0) is 16.9. The minimum absolute atomic E-state index is 0.413. The monoisotopic (exact) mass is 352 g/mol. The number of benzene rings is 1. The highest BCUT2D eigenvalue weighted by Crippen LogP contribution is 2.22. The fourth-order valence-corrected chi connectivity index (χ4v) is 2.94. The van der Waals surface area contributed by atoms with Gasteiger partial charge in [0, 0.05) is 23.7 Å². The molecule has 124 valence electrons. The summed E-state index contributed by atoms with van der Waals surface area (Å²) in [7, 11) is 0. The van der Waals surface area contributed by atoms with Crippen LogP contribution in [0.25, 0.3) is 0 Å². The van der Waals surface area contributed by atoms with E-state index in [0.29, 0.717) is 6.54 Å². The maximum absolute atomic E-state index is 11.7. The van der Waals surface area contributed by atoms with Crippen LogP contribution in [0.2, 0.25) is 4.34 Å². The number of ether oxygens (including phenoxy) is 1. The smallest absolute Gasteiger partial charge is 0.407 e.